The Morgan fingerprint density at radius 1 is 1.38 bits per heavy atom. The molecule has 1 aliphatic heterocycles. The molecule has 7 heteroatoms. The van der Waals surface area contributed by atoms with Crippen LogP contribution in [0.1, 0.15) is 17.9 Å². The summed E-state index contributed by atoms with van der Waals surface area (Å²) in [5, 5.41) is 4.28. The first-order chi connectivity index (χ1) is 11.6. The Hall–Kier alpha value is -1.27. The zero-order valence-corrected chi connectivity index (χ0v) is 15.4. The van der Waals surface area contributed by atoms with Gasteiger partial charge in [-0.25, -0.2) is 0 Å². The van der Waals surface area contributed by atoms with Crippen molar-refractivity contribution in [2.24, 2.45) is 4.99 Å². The van der Waals surface area contributed by atoms with Gasteiger partial charge in [0.05, 0.1) is 22.4 Å². The predicted molar refractivity (Wildman–Crippen MR) is 97.6 cm³/mol. The van der Waals surface area contributed by atoms with Gasteiger partial charge in [0.1, 0.15) is 12.4 Å². The summed E-state index contributed by atoms with van der Waals surface area (Å²) in [6, 6.07) is 3.58. The lowest BCUT2D eigenvalue weighted by atomic mass is 9.96. The number of halogens is 2. The highest BCUT2D eigenvalue weighted by Gasteiger charge is 2.27. The Morgan fingerprint density at radius 3 is 2.79 bits per heavy atom. The monoisotopic (exact) mass is 372 g/mol. The zero-order valence-electron chi connectivity index (χ0n) is 13.9. The third kappa shape index (κ3) is 4.63. The smallest absolute Gasteiger partial charge is 0.173 e. The lowest BCUT2D eigenvalue weighted by Crippen LogP contribution is -2.33. The number of amidine groups is 1. The lowest BCUT2D eigenvalue weighted by molar-refractivity contribution is -0.0965. The summed E-state index contributed by atoms with van der Waals surface area (Å²) in [7, 11) is 3.20. The van der Waals surface area contributed by atoms with Crippen LogP contribution in [-0.4, -0.2) is 46.0 Å². The summed E-state index contributed by atoms with van der Waals surface area (Å²) >= 11 is 12.6. The molecular formula is C17H22Cl2N2O3. The van der Waals surface area contributed by atoms with E-state index in [4.69, 9.17) is 37.4 Å². The number of rotatable bonds is 8. The van der Waals surface area contributed by atoms with Crippen LogP contribution in [0, 0.1) is 0 Å². The van der Waals surface area contributed by atoms with Crippen molar-refractivity contribution in [1.82, 2.24) is 5.32 Å². The largest absolute Gasteiger partial charge is 0.489 e. The average Bonchev–Trinajstić information content (AvgIpc) is 3.05. The van der Waals surface area contributed by atoms with E-state index in [1.165, 1.54) is 0 Å². The van der Waals surface area contributed by atoms with E-state index in [1.807, 2.05) is 6.07 Å². The molecule has 1 N–H and O–H groups in total. The molecule has 0 spiro atoms. The lowest BCUT2D eigenvalue weighted by Gasteiger charge is -2.18. The van der Waals surface area contributed by atoms with Crippen molar-refractivity contribution in [1.29, 1.82) is 0 Å². The van der Waals surface area contributed by atoms with E-state index >= 15 is 0 Å². The molecule has 0 saturated heterocycles. The van der Waals surface area contributed by atoms with Gasteiger partial charge in [-0.1, -0.05) is 35.9 Å². The Balaban J connectivity index is 2.08. The van der Waals surface area contributed by atoms with Gasteiger partial charge in [0.15, 0.2) is 6.29 Å². The molecule has 0 radical (unpaired) electrons. The number of nitrogens with one attached hydrogen (secondary N) is 1. The summed E-state index contributed by atoms with van der Waals surface area (Å²) in [6.45, 7) is 5.23. The SMILES string of the molecule is C=CCOc1ccc(Cl)c(Cl)c1[C@H]1CN=C(NCC(OC)OC)C1. The molecule has 0 unspecified atom stereocenters. The molecule has 1 atom stereocenters. The molecule has 5 nitrogen and oxygen atoms in total. The minimum atomic E-state index is -0.312. The van der Waals surface area contributed by atoms with Gasteiger partial charge < -0.3 is 19.5 Å². The second kappa shape index (κ2) is 9.28. The quantitative estimate of drug-likeness (QED) is 0.558. The Kier molecular flexibility index (Phi) is 7.37. The second-order valence-electron chi connectivity index (χ2n) is 5.34. The molecule has 0 saturated carbocycles. The number of benzene rings is 1. The minimum absolute atomic E-state index is 0.113. The van der Waals surface area contributed by atoms with Crippen molar-refractivity contribution in [3.8, 4) is 5.75 Å². The summed E-state index contributed by atoms with van der Waals surface area (Å²) in [4.78, 5) is 4.54. The molecule has 1 aromatic carbocycles. The molecule has 1 aromatic rings. The normalized spacial score (nSPS) is 17.0. The molecule has 0 aromatic heterocycles. The van der Waals surface area contributed by atoms with Crippen molar-refractivity contribution < 1.29 is 14.2 Å². The maximum Gasteiger partial charge on any atom is 0.173 e. The Labute approximate surface area is 152 Å². The van der Waals surface area contributed by atoms with Crippen molar-refractivity contribution >= 4 is 29.0 Å². The van der Waals surface area contributed by atoms with E-state index in [-0.39, 0.29) is 12.2 Å². The second-order valence-corrected chi connectivity index (χ2v) is 6.13. The summed E-state index contributed by atoms with van der Waals surface area (Å²) in [5.74, 6) is 1.73. The average molecular weight is 373 g/mol. The number of methoxy groups -OCH3 is 2. The van der Waals surface area contributed by atoms with Gasteiger partial charge in [0.25, 0.3) is 0 Å². The Bertz CT molecular complexity index is 604. The molecule has 132 valence electrons. The molecule has 1 heterocycles. The van der Waals surface area contributed by atoms with E-state index in [1.54, 1.807) is 26.4 Å². The van der Waals surface area contributed by atoms with Crippen molar-refractivity contribution in [2.75, 3.05) is 33.9 Å². The van der Waals surface area contributed by atoms with Crippen LogP contribution in [-0.2, 0) is 9.47 Å². The minimum Gasteiger partial charge on any atom is -0.489 e. The van der Waals surface area contributed by atoms with Crippen molar-refractivity contribution in [3.63, 3.8) is 0 Å². The van der Waals surface area contributed by atoms with Gasteiger partial charge in [0, 0.05) is 38.7 Å². The molecule has 1 aliphatic rings. The third-order valence-electron chi connectivity index (χ3n) is 3.80. The summed E-state index contributed by atoms with van der Waals surface area (Å²) < 4.78 is 16.1. The van der Waals surface area contributed by atoms with Crippen molar-refractivity contribution in [3.05, 3.63) is 40.4 Å². The topological polar surface area (TPSA) is 52.1 Å². The van der Waals surface area contributed by atoms with Crippen LogP contribution in [0.3, 0.4) is 0 Å². The number of aliphatic imine (C=N–C) groups is 1. The van der Waals surface area contributed by atoms with E-state index in [2.05, 4.69) is 16.9 Å². The number of ether oxygens (including phenoxy) is 3. The van der Waals surface area contributed by atoms with Crippen LogP contribution in [0.4, 0.5) is 0 Å². The fourth-order valence-corrected chi connectivity index (χ4v) is 3.05. The standard InChI is InChI=1S/C17H22Cl2N2O3/c1-4-7-24-13-6-5-12(18)17(19)16(13)11-8-14(20-9-11)21-10-15(22-2)23-3/h4-6,11,15H,1,7-10H2,2-3H3,(H,20,21)/t11-/m1/s1. The third-order valence-corrected chi connectivity index (χ3v) is 4.62. The van der Waals surface area contributed by atoms with Gasteiger partial charge in [0.2, 0.25) is 0 Å². The fourth-order valence-electron chi connectivity index (χ4n) is 2.57. The van der Waals surface area contributed by atoms with E-state index in [9.17, 15) is 0 Å². The highest BCUT2D eigenvalue weighted by molar-refractivity contribution is 6.42. The van der Waals surface area contributed by atoms with Crippen LogP contribution in [0.2, 0.25) is 10.0 Å². The van der Waals surface area contributed by atoms with Crippen molar-refractivity contribution in [2.45, 2.75) is 18.6 Å². The first-order valence-corrected chi connectivity index (χ1v) is 8.40. The van der Waals surface area contributed by atoms with Crippen LogP contribution in [0.5, 0.6) is 5.75 Å². The number of hydrogen-bond acceptors (Lipinski definition) is 5. The molecular weight excluding hydrogens is 351 g/mol. The Morgan fingerprint density at radius 2 is 2.12 bits per heavy atom. The van der Waals surface area contributed by atoms with Crippen LogP contribution in [0.15, 0.2) is 29.8 Å². The molecule has 0 fully saturated rings. The van der Waals surface area contributed by atoms with Gasteiger partial charge in [-0.15, -0.1) is 0 Å². The van der Waals surface area contributed by atoms with Crippen LogP contribution < -0.4 is 10.1 Å². The first-order valence-electron chi connectivity index (χ1n) is 7.65. The highest BCUT2D eigenvalue weighted by Crippen LogP contribution is 2.41. The zero-order chi connectivity index (χ0) is 17.5. The summed E-state index contributed by atoms with van der Waals surface area (Å²) in [5.41, 5.74) is 0.890. The number of hydrogen-bond donors (Lipinski definition) is 1. The maximum absolute atomic E-state index is 6.43. The van der Waals surface area contributed by atoms with Gasteiger partial charge in [-0.3, -0.25) is 4.99 Å². The molecule has 2 rings (SSSR count). The molecule has 0 aliphatic carbocycles. The van der Waals surface area contributed by atoms with Gasteiger partial charge in [-0.05, 0) is 12.1 Å². The highest BCUT2D eigenvalue weighted by atomic mass is 35.5. The fraction of sp³-hybridized carbons (Fsp3) is 0.471. The molecule has 24 heavy (non-hydrogen) atoms. The van der Waals surface area contributed by atoms with Gasteiger partial charge in [-0.2, -0.15) is 0 Å². The van der Waals surface area contributed by atoms with Crippen LogP contribution in [0.25, 0.3) is 0 Å². The maximum atomic E-state index is 6.43. The van der Waals surface area contributed by atoms with E-state index in [0.29, 0.717) is 29.7 Å². The summed E-state index contributed by atoms with van der Waals surface area (Å²) in [6.07, 6.45) is 2.11. The molecule has 0 amide bonds. The predicted octanol–water partition coefficient (Wildman–Crippen LogP) is 3.65. The van der Waals surface area contributed by atoms with Crippen LogP contribution >= 0.6 is 23.2 Å². The number of nitrogens with zero attached hydrogens (tertiary/aromatic N) is 1. The first kappa shape index (κ1) is 19.1. The van der Waals surface area contributed by atoms with E-state index in [0.717, 1.165) is 23.6 Å². The van der Waals surface area contributed by atoms with E-state index < -0.39 is 0 Å². The van der Waals surface area contributed by atoms with Gasteiger partial charge >= 0.3 is 0 Å². The molecule has 0 bridgehead atoms.